The summed E-state index contributed by atoms with van der Waals surface area (Å²) in [5, 5.41) is 12.4. The number of rotatable bonds is 3. The van der Waals surface area contributed by atoms with Crippen molar-refractivity contribution in [2.75, 3.05) is 37.0 Å². The Balaban J connectivity index is 1.47. The maximum atomic E-state index is 13.5. The standard InChI is InChI=1S/C22H32N4O4/c1-15-12-16(24-21(29)30-2)13-23-19(15)25-10-3-8-22(14-25)9-11-26(20(22)28)17-4-6-18(27)7-5-17/h12-13,17-18,27H,3-11,14H2,1-2H3,(H,24,29)/t17-,18+,22-/m0/s1. The minimum atomic E-state index is -0.521. The number of aliphatic hydroxyl groups excluding tert-OH is 1. The molecule has 2 aliphatic heterocycles. The smallest absolute Gasteiger partial charge is 0.411 e. The molecule has 1 spiro atoms. The fraction of sp³-hybridized carbons (Fsp3) is 0.682. The molecule has 0 unspecified atom stereocenters. The molecule has 164 valence electrons. The van der Waals surface area contributed by atoms with Gasteiger partial charge in [0.05, 0.1) is 30.5 Å². The Labute approximate surface area is 177 Å². The highest BCUT2D eigenvalue weighted by Crippen LogP contribution is 2.43. The van der Waals surface area contributed by atoms with Gasteiger partial charge in [-0.25, -0.2) is 9.78 Å². The monoisotopic (exact) mass is 416 g/mol. The number of hydrogen-bond acceptors (Lipinski definition) is 6. The number of aliphatic hydroxyl groups is 1. The van der Waals surface area contributed by atoms with Crippen molar-refractivity contribution in [3.8, 4) is 0 Å². The van der Waals surface area contributed by atoms with Gasteiger partial charge in [0.2, 0.25) is 5.91 Å². The normalized spacial score (nSPS) is 29.4. The zero-order valence-electron chi connectivity index (χ0n) is 17.9. The lowest BCUT2D eigenvalue weighted by molar-refractivity contribution is -0.139. The number of nitrogens with one attached hydrogen (secondary N) is 1. The van der Waals surface area contributed by atoms with Crippen molar-refractivity contribution in [3.05, 3.63) is 17.8 Å². The molecule has 30 heavy (non-hydrogen) atoms. The average Bonchev–Trinajstić information content (AvgIpc) is 3.04. The van der Waals surface area contributed by atoms with Crippen LogP contribution in [-0.2, 0) is 9.53 Å². The van der Waals surface area contributed by atoms with E-state index in [2.05, 4.69) is 24.8 Å². The first kappa shape index (κ1) is 20.9. The number of amides is 2. The van der Waals surface area contributed by atoms with E-state index in [1.807, 2.05) is 13.0 Å². The van der Waals surface area contributed by atoms with Gasteiger partial charge in [-0.15, -0.1) is 0 Å². The van der Waals surface area contributed by atoms with Gasteiger partial charge in [0, 0.05) is 25.7 Å². The number of carbonyl (C=O) groups is 2. The highest BCUT2D eigenvalue weighted by Gasteiger charge is 2.50. The maximum absolute atomic E-state index is 13.5. The number of methoxy groups -OCH3 is 1. The SMILES string of the molecule is COC(=O)Nc1cnc(N2CCC[C@]3(CCN([C@H]4CC[C@@H](O)CC4)C3=O)C2)c(C)c1. The molecule has 3 heterocycles. The van der Waals surface area contributed by atoms with E-state index in [1.165, 1.54) is 7.11 Å². The van der Waals surface area contributed by atoms with Crippen LogP contribution in [0.15, 0.2) is 12.3 Å². The summed E-state index contributed by atoms with van der Waals surface area (Å²) in [6, 6.07) is 2.16. The molecule has 0 bridgehead atoms. The van der Waals surface area contributed by atoms with Gasteiger partial charge in [0.1, 0.15) is 5.82 Å². The van der Waals surface area contributed by atoms with Crippen molar-refractivity contribution in [3.63, 3.8) is 0 Å². The van der Waals surface area contributed by atoms with Gasteiger partial charge in [-0.05, 0) is 63.5 Å². The molecular formula is C22H32N4O4. The van der Waals surface area contributed by atoms with Crippen LogP contribution in [0.4, 0.5) is 16.3 Å². The zero-order chi connectivity index (χ0) is 21.3. The third kappa shape index (κ3) is 3.97. The first-order chi connectivity index (χ1) is 14.4. The Kier molecular flexibility index (Phi) is 5.86. The first-order valence-electron chi connectivity index (χ1n) is 11.0. The number of likely N-dealkylation sites (tertiary alicyclic amines) is 1. The van der Waals surface area contributed by atoms with Crippen LogP contribution in [0, 0.1) is 12.3 Å². The number of piperidine rings is 1. The number of anilines is 2. The van der Waals surface area contributed by atoms with Crippen LogP contribution in [0.1, 0.15) is 50.5 Å². The van der Waals surface area contributed by atoms with Crippen LogP contribution >= 0.6 is 0 Å². The van der Waals surface area contributed by atoms with Gasteiger partial charge in [0.25, 0.3) is 0 Å². The lowest BCUT2D eigenvalue weighted by Gasteiger charge is -2.41. The predicted molar refractivity (Wildman–Crippen MR) is 113 cm³/mol. The Morgan fingerprint density at radius 2 is 2.03 bits per heavy atom. The van der Waals surface area contributed by atoms with E-state index in [9.17, 15) is 14.7 Å². The fourth-order valence-corrected chi connectivity index (χ4v) is 5.39. The summed E-state index contributed by atoms with van der Waals surface area (Å²) < 4.78 is 4.64. The Bertz CT molecular complexity index is 808. The molecule has 2 amide bonds. The molecule has 0 radical (unpaired) electrons. The van der Waals surface area contributed by atoms with Crippen molar-refractivity contribution in [2.24, 2.45) is 5.41 Å². The molecule has 8 nitrogen and oxygen atoms in total. The van der Waals surface area contributed by atoms with Crippen molar-refractivity contribution in [1.82, 2.24) is 9.88 Å². The zero-order valence-corrected chi connectivity index (χ0v) is 17.9. The van der Waals surface area contributed by atoms with Crippen LogP contribution in [-0.4, -0.2) is 65.9 Å². The van der Waals surface area contributed by atoms with Gasteiger partial charge in [-0.2, -0.15) is 0 Å². The molecule has 3 aliphatic rings. The molecule has 8 heteroatoms. The Morgan fingerprint density at radius 1 is 1.27 bits per heavy atom. The van der Waals surface area contributed by atoms with Gasteiger partial charge < -0.3 is 19.6 Å². The largest absolute Gasteiger partial charge is 0.453 e. The second-order valence-corrected chi connectivity index (χ2v) is 9.00. The minimum absolute atomic E-state index is 0.205. The van der Waals surface area contributed by atoms with E-state index in [1.54, 1.807) is 6.20 Å². The molecule has 2 N–H and O–H groups in total. The van der Waals surface area contributed by atoms with Gasteiger partial charge >= 0.3 is 6.09 Å². The number of ether oxygens (including phenoxy) is 1. The molecule has 2 saturated heterocycles. The summed E-state index contributed by atoms with van der Waals surface area (Å²) in [5.74, 6) is 1.16. The van der Waals surface area contributed by atoms with E-state index in [4.69, 9.17) is 0 Å². The summed E-state index contributed by atoms with van der Waals surface area (Å²) in [5.41, 5.74) is 1.23. The molecule has 1 saturated carbocycles. The molecule has 0 aromatic carbocycles. The topological polar surface area (TPSA) is 95.0 Å². The van der Waals surface area contributed by atoms with Gasteiger partial charge in [0.15, 0.2) is 0 Å². The predicted octanol–water partition coefficient (Wildman–Crippen LogP) is 2.69. The third-order valence-corrected chi connectivity index (χ3v) is 7.01. The number of pyridine rings is 1. The maximum Gasteiger partial charge on any atom is 0.411 e. The van der Waals surface area contributed by atoms with Crippen LogP contribution in [0.5, 0.6) is 0 Å². The molecule has 3 fully saturated rings. The number of hydrogen-bond donors (Lipinski definition) is 2. The first-order valence-corrected chi connectivity index (χ1v) is 11.0. The summed E-state index contributed by atoms with van der Waals surface area (Å²) >= 11 is 0. The number of aromatic nitrogens is 1. The number of nitrogens with zero attached hydrogens (tertiary/aromatic N) is 3. The van der Waals surface area contributed by atoms with Crippen molar-refractivity contribution >= 4 is 23.5 Å². The van der Waals surface area contributed by atoms with Crippen LogP contribution < -0.4 is 10.2 Å². The molecule has 1 aromatic heterocycles. The summed E-state index contributed by atoms with van der Waals surface area (Å²) in [4.78, 5) is 33.8. The third-order valence-electron chi connectivity index (χ3n) is 7.01. The van der Waals surface area contributed by atoms with Gasteiger partial charge in [-0.3, -0.25) is 10.1 Å². The second-order valence-electron chi connectivity index (χ2n) is 9.00. The second kappa shape index (κ2) is 8.41. The van der Waals surface area contributed by atoms with Crippen LogP contribution in [0.25, 0.3) is 0 Å². The quantitative estimate of drug-likeness (QED) is 0.787. The molecule has 1 aliphatic carbocycles. The van der Waals surface area contributed by atoms with E-state index in [-0.39, 0.29) is 23.5 Å². The summed E-state index contributed by atoms with van der Waals surface area (Å²) in [6.45, 7) is 4.36. The molecule has 1 aromatic rings. The van der Waals surface area contributed by atoms with E-state index < -0.39 is 6.09 Å². The number of carbonyl (C=O) groups excluding carboxylic acids is 2. The lowest BCUT2D eigenvalue weighted by Crippen LogP contribution is -2.50. The van der Waals surface area contributed by atoms with Crippen LogP contribution in [0.2, 0.25) is 0 Å². The number of aryl methyl sites for hydroxylation is 1. The van der Waals surface area contributed by atoms with E-state index >= 15 is 0 Å². The van der Waals surface area contributed by atoms with E-state index in [0.29, 0.717) is 12.2 Å². The molecular weight excluding hydrogens is 384 g/mol. The minimum Gasteiger partial charge on any atom is -0.453 e. The summed E-state index contributed by atoms with van der Waals surface area (Å²) in [7, 11) is 1.33. The fourth-order valence-electron chi connectivity index (χ4n) is 5.39. The van der Waals surface area contributed by atoms with Crippen molar-refractivity contribution < 1.29 is 19.4 Å². The van der Waals surface area contributed by atoms with E-state index in [0.717, 1.165) is 69.4 Å². The highest BCUT2D eigenvalue weighted by atomic mass is 16.5. The average molecular weight is 417 g/mol. The molecule has 4 rings (SSSR count). The van der Waals surface area contributed by atoms with Crippen LogP contribution in [0.3, 0.4) is 0 Å². The molecule has 1 atom stereocenters. The Morgan fingerprint density at radius 3 is 2.73 bits per heavy atom. The Hall–Kier alpha value is -2.35. The lowest BCUT2D eigenvalue weighted by atomic mass is 9.78. The highest BCUT2D eigenvalue weighted by molar-refractivity contribution is 5.86. The summed E-state index contributed by atoms with van der Waals surface area (Å²) in [6.07, 6.45) is 7.09. The van der Waals surface area contributed by atoms with Crippen molar-refractivity contribution in [2.45, 2.75) is 64.0 Å². The van der Waals surface area contributed by atoms with Crippen molar-refractivity contribution in [1.29, 1.82) is 0 Å². The van der Waals surface area contributed by atoms with Gasteiger partial charge in [-0.1, -0.05) is 0 Å².